The minimum atomic E-state index is -3.35. The quantitative estimate of drug-likeness (QED) is 0.429. The SMILES string of the molecule is CS(=O)(=O)Nc1cccc(C=C=C2c3ccccc3CSc3c(Cl)cc(Cl)cc32)c1. The van der Waals surface area contributed by atoms with E-state index in [0.717, 1.165) is 39.2 Å². The van der Waals surface area contributed by atoms with Gasteiger partial charge < -0.3 is 0 Å². The molecule has 152 valence electrons. The van der Waals surface area contributed by atoms with Gasteiger partial charge in [0.15, 0.2) is 0 Å². The topological polar surface area (TPSA) is 46.2 Å². The Kier molecular flexibility index (Phi) is 6.01. The predicted octanol–water partition coefficient (Wildman–Crippen LogP) is 6.71. The Hall–Kier alpha value is -2.14. The van der Waals surface area contributed by atoms with Gasteiger partial charge in [-0.15, -0.1) is 17.5 Å². The summed E-state index contributed by atoms with van der Waals surface area (Å²) in [7, 11) is -3.35. The van der Waals surface area contributed by atoms with Gasteiger partial charge in [0, 0.05) is 32.5 Å². The molecule has 0 saturated carbocycles. The molecule has 0 spiro atoms. The maximum Gasteiger partial charge on any atom is 0.229 e. The highest BCUT2D eigenvalue weighted by Crippen LogP contribution is 2.44. The minimum Gasteiger partial charge on any atom is -0.284 e. The largest absolute Gasteiger partial charge is 0.284 e. The number of thioether (sulfide) groups is 1. The summed E-state index contributed by atoms with van der Waals surface area (Å²) in [5, 5.41) is 1.19. The number of sulfonamides is 1. The van der Waals surface area contributed by atoms with Gasteiger partial charge in [-0.05, 0) is 47.0 Å². The van der Waals surface area contributed by atoms with E-state index in [1.807, 2.05) is 30.3 Å². The predicted molar refractivity (Wildman–Crippen MR) is 128 cm³/mol. The first kappa shape index (κ1) is 21.1. The molecule has 0 unspecified atom stereocenters. The number of hydrogen-bond acceptors (Lipinski definition) is 3. The van der Waals surface area contributed by atoms with E-state index in [0.29, 0.717) is 15.7 Å². The maximum absolute atomic E-state index is 11.5. The molecule has 30 heavy (non-hydrogen) atoms. The third-order valence-corrected chi connectivity index (χ3v) is 6.93. The van der Waals surface area contributed by atoms with Crippen LogP contribution in [0.3, 0.4) is 0 Å². The van der Waals surface area contributed by atoms with E-state index in [1.165, 1.54) is 5.56 Å². The van der Waals surface area contributed by atoms with Crippen LogP contribution in [0, 0.1) is 0 Å². The van der Waals surface area contributed by atoms with E-state index in [9.17, 15) is 8.42 Å². The lowest BCUT2D eigenvalue weighted by Gasteiger charge is -2.11. The standard InChI is InChI=1S/C23H17Cl2NO2S2/c1-30(27,28)26-18-7-4-5-15(11-18)9-10-20-19-8-3-2-6-16(19)14-29-23-21(20)12-17(24)13-22(23)25/h2-9,11-13,26H,14H2,1H3. The molecule has 3 aromatic carbocycles. The first-order chi connectivity index (χ1) is 14.3. The van der Waals surface area contributed by atoms with Crippen LogP contribution in [0.1, 0.15) is 22.3 Å². The summed E-state index contributed by atoms with van der Waals surface area (Å²) in [6.07, 6.45) is 2.97. The summed E-state index contributed by atoms with van der Waals surface area (Å²) >= 11 is 14.5. The summed E-state index contributed by atoms with van der Waals surface area (Å²) in [5.41, 5.74) is 8.84. The first-order valence-electron chi connectivity index (χ1n) is 9.05. The van der Waals surface area contributed by atoms with E-state index < -0.39 is 10.0 Å². The Morgan fingerprint density at radius 2 is 1.83 bits per heavy atom. The van der Waals surface area contributed by atoms with Crippen molar-refractivity contribution in [2.75, 3.05) is 11.0 Å². The molecule has 1 aliphatic rings. The van der Waals surface area contributed by atoms with Crippen LogP contribution in [0.4, 0.5) is 5.69 Å². The van der Waals surface area contributed by atoms with Crippen molar-refractivity contribution in [2.45, 2.75) is 10.6 Å². The summed E-state index contributed by atoms with van der Waals surface area (Å²) in [5.74, 6) is 0.795. The van der Waals surface area contributed by atoms with Crippen LogP contribution in [-0.2, 0) is 15.8 Å². The molecule has 3 aromatic rings. The average Bonchev–Trinajstić information content (AvgIpc) is 2.82. The number of anilines is 1. The lowest BCUT2D eigenvalue weighted by molar-refractivity contribution is 0.607. The molecule has 0 aliphatic carbocycles. The lowest BCUT2D eigenvalue weighted by Crippen LogP contribution is -2.09. The Morgan fingerprint density at radius 1 is 1.03 bits per heavy atom. The lowest BCUT2D eigenvalue weighted by atomic mass is 9.95. The number of halogens is 2. The Morgan fingerprint density at radius 3 is 2.63 bits per heavy atom. The van der Waals surface area contributed by atoms with Gasteiger partial charge in [-0.3, -0.25) is 4.72 Å². The van der Waals surface area contributed by atoms with Crippen molar-refractivity contribution < 1.29 is 8.42 Å². The molecular weight excluding hydrogens is 457 g/mol. The van der Waals surface area contributed by atoms with Gasteiger partial charge in [-0.1, -0.05) is 59.6 Å². The van der Waals surface area contributed by atoms with E-state index in [4.69, 9.17) is 23.2 Å². The van der Waals surface area contributed by atoms with Crippen molar-refractivity contribution in [1.29, 1.82) is 0 Å². The van der Waals surface area contributed by atoms with Crippen molar-refractivity contribution in [2.24, 2.45) is 0 Å². The molecule has 4 rings (SSSR count). The molecule has 1 N–H and O–H groups in total. The van der Waals surface area contributed by atoms with Crippen LogP contribution in [0.15, 0.2) is 71.3 Å². The highest BCUT2D eigenvalue weighted by atomic mass is 35.5. The van der Waals surface area contributed by atoms with Gasteiger partial charge in [-0.25, -0.2) is 8.42 Å². The monoisotopic (exact) mass is 473 g/mol. The fraction of sp³-hybridized carbons (Fsp3) is 0.0870. The second kappa shape index (κ2) is 8.54. The number of rotatable bonds is 3. The number of hydrogen-bond donors (Lipinski definition) is 1. The number of fused-ring (bicyclic) bond motifs is 2. The molecule has 0 saturated heterocycles. The zero-order valence-corrected chi connectivity index (χ0v) is 19.1. The van der Waals surface area contributed by atoms with Crippen LogP contribution in [0.25, 0.3) is 11.6 Å². The summed E-state index contributed by atoms with van der Waals surface area (Å²) in [4.78, 5) is 0.973. The van der Waals surface area contributed by atoms with Crippen LogP contribution in [0.5, 0.6) is 0 Å². The maximum atomic E-state index is 11.5. The van der Waals surface area contributed by atoms with Gasteiger partial charge in [-0.2, -0.15) is 0 Å². The molecule has 1 aliphatic heterocycles. The zero-order chi connectivity index (χ0) is 21.3. The van der Waals surface area contributed by atoms with Crippen molar-refractivity contribution in [3.05, 3.63) is 98.7 Å². The van der Waals surface area contributed by atoms with Gasteiger partial charge in [0.25, 0.3) is 0 Å². The second-order valence-electron chi connectivity index (χ2n) is 6.87. The first-order valence-corrected chi connectivity index (χ1v) is 12.7. The minimum absolute atomic E-state index is 0.501. The second-order valence-corrected chi connectivity index (χ2v) is 10.5. The van der Waals surface area contributed by atoms with E-state index in [1.54, 1.807) is 36.0 Å². The van der Waals surface area contributed by atoms with Crippen LogP contribution >= 0.6 is 35.0 Å². The molecule has 1 heterocycles. The summed E-state index contributed by atoms with van der Waals surface area (Å²) in [6, 6.07) is 19.0. The molecule has 7 heteroatoms. The Balaban J connectivity index is 1.90. The van der Waals surface area contributed by atoms with Crippen molar-refractivity contribution in [1.82, 2.24) is 0 Å². The fourth-order valence-electron chi connectivity index (χ4n) is 3.29. The molecule has 0 atom stereocenters. The van der Waals surface area contributed by atoms with Crippen molar-refractivity contribution in [3.8, 4) is 0 Å². The zero-order valence-electron chi connectivity index (χ0n) is 15.9. The summed E-state index contributed by atoms with van der Waals surface area (Å²) < 4.78 is 25.5. The molecule has 0 fully saturated rings. The normalized spacial score (nSPS) is 13.0. The molecule has 0 aromatic heterocycles. The number of benzene rings is 3. The van der Waals surface area contributed by atoms with Crippen LogP contribution in [-0.4, -0.2) is 14.7 Å². The van der Waals surface area contributed by atoms with E-state index in [2.05, 4.69) is 22.6 Å². The number of nitrogens with one attached hydrogen (secondary N) is 1. The summed E-state index contributed by atoms with van der Waals surface area (Å²) in [6.45, 7) is 0. The van der Waals surface area contributed by atoms with Crippen LogP contribution in [0.2, 0.25) is 10.0 Å². The Bertz CT molecular complexity index is 1310. The van der Waals surface area contributed by atoms with Gasteiger partial charge in [0.05, 0.1) is 11.3 Å². The van der Waals surface area contributed by atoms with Gasteiger partial charge in [0.2, 0.25) is 10.0 Å². The Labute approximate surface area is 190 Å². The highest BCUT2D eigenvalue weighted by Gasteiger charge is 2.21. The molecule has 0 amide bonds. The third-order valence-electron chi connectivity index (χ3n) is 4.51. The molecule has 0 radical (unpaired) electrons. The molecular formula is C23H17Cl2NO2S2. The average molecular weight is 474 g/mol. The fourth-order valence-corrected chi connectivity index (χ4v) is 5.57. The highest BCUT2D eigenvalue weighted by molar-refractivity contribution is 7.98. The van der Waals surface area contributed by atoms with Crippen molar-refractivity contribution >= 4 is 62.3 Å². The van der Waals surface area contributed by atoms with E-state index >= 15 is 0 Å². The van der Waals surface area contributed by atoms with Crippen molar-refractivity contribution in [3.63, 3.8) is 0 Å². The van der Waals surface area contributed by atoms with Gasteiger partial charge in [0.1, 0.15) is 0 Å². The smallest absolute Gasteiger partial charge is 0.229 e. The third kappa shape index (κ3) is 4.77. The molecule has 3 nitrogen and oxygen atoms in total. The van der Waals surface area contributed by atoms with Gasteiger partial charge >= 0.3 is 0 Å². The van der Waals surface area contributed by atoms with E-state index in [-0.39, 0.29) is 0 Å². The molecule has 0 bridgehead atoms. The van der Waals surface area contributed by atoms with Crippen LogP contribution < -0.4 is 4.72 Å².